The number of pyridine rings is 1. The number of hydrogen-bond donors (Lipinski definition) is 2. The van der Waals surface area contributed by atoms with Crippen molar-refractivity contribution in [1.29, 1.82) is 0 Å². The third-order valence-electron chi connectivity index (χ3n) is 5.59. The molecule has 33 heavy (non-hydrogen) atoms. The summed E-state index contributed by atoms with van der Waals surface area (Å²) < 4.78 is 17.2. The summed E-state index contributed by atoms with van der Waals surface area (Å²) in [5.41, 5.74) is 5.97. The fourth-order valence-electron chi connectivity index (χ4n) is 3.99. The second kappa shape index (κ2) is 9.65. The van der Waals surface area contributed by atoms with Crippen LogP contribution in [-0.2, 0) is 12.8 Å². The average Bonchev–Trinajstić information content (AvgIpc) is 3.38. The fourth-order valence-corrected chi connectivity index (χ4v) is 3.99. The number of para-hydroxylation sites is 1. The van der Waals surface area contributed by atoms with E-state index in [2.05, 4.69) is 33.7 Å². The van der Waals surface area contributed by atoms with Crippen molar-refractivity contribution in [3.63, 3.8) is 0 Å². The van der Waals surface area contributed by atoms with Gasteiger partial charge in [0.1, 0.15) is 18.9 Å². The molecule has 1 aliphatic rings. The summed E-state index contributed by atoms with van der Waals surface area (Å²) in [5, 5.41) is 10.3. The van der Waals surface area contributed by atoms with Crippen molar-refractivity contribution < 1.29 is 14.2 Å². The maximum Gasteiger partial charge on any atom is 0.238 e. The van der Waals surface area contributed by atoms with Crippen LogP contribution in [-0.4, -0.2) is 35.5 Å². The van der Waals surface area contributed by atoms with E-state index in [9.17, 15) is 0 Å². The molecule has 0 bridgehead atoms. The van der Waals surface area contributed by atoms with E-state index >= 15 is 0 Å². The number of hydrogen-bond acceptors (Lipinski definition) is 6. The lowest BCUT2D eigenvalue weighted by Gasteiger charge is -2.21. The summed E-state index contributed by atoms with van der Waals surface area (Å²) in [5.74, 6) is 1.99. The van der Waals surface area contributed by atoms with Gasteiger partial charge in [-0.2, -0.15) is 5.10 Å². The molecule has 0 saturated carbocycles. The van der Waals surface area contributed by atoms with Gasteiger partial charge in [0.05, 0.1) is 19.0 Å². The van der Waals surface area contributed by atoms with E-state index < -0.39 is 0 Å². The molecule has 0 atom stereocenters. The van der Waals surface area contributed by atoms with Crippen molar-refractivity contribution in [3.05, 3.63) is 78.1 Å². The number of benzene rings is 2. The minimum absolute atomic E-state index is 0.521. The van der Waals surface area contributed by atoms with Crippen LogP contribution in [0.15, 0.2) is 67.0 Å². The standard InChI is InChI=1S/C26H26N4O3/c1-31-26-23(12-11-22(30-26)21-9-4-10-24-25(21)33-14-13-32-24)29-20-8-3-6-18(15-20)5-2-7-19-16-27-28-17-19/h3-4,6,8-12,15-17,29H,2,5,7,13-14H2,1H3,(H,27,28). The number of nitrogens with one attached hydrogen (secondary N) is 2. The second-order valence-electron chi connectivity index (χ2n) is 7.87. The Morgan fingerprint density at radius 3 is 2.76 bits per heavy atom. The first-order valence-electron chi connectivity index (χ1n) is 11.1. The fraction of sp³-hybridized carbons (Fsp3) is 0.231. The van der Waals surface area contributed by atoms with Gasteiger partial charge in [-0.05, 0) is 66.8 Å². The monoisotopic (exact) mass is 442 g/mol. The third kappa shape index (κ3) is 4.77. The molecule has 0 spiro atoms. The van der Waals surface area contributed by atoms with E-state index in [1.54, 1.807) is 7.11 Å². The maximum atomic E-state index is 5.85. The van der Waals surface area contributed by atoms with Crippen molar-refractivity contribution in [1.82, 2.24) is 15.2 Å². The highest BCUT2D eigenvalue weighted by atomic mass is 16.6. The Balaban J connectivity index is 1.32. The lowest BCUT2D eigenvalue weighted by atomic mass is 10.1. The van der Waals surface area contributed by atoms with Crippen LogP contribution < -0.4 is 19.5 Å². The van der Waals surface area contributed by atoms with Crippen LogP contribution in [0.3, 0.4) is 0 Å². The molecule has 0 radical (unpaired) electrons. The summed E-state index contributed by atoms with van der Waals surface area (Å²) in [7, 11) is 1.63. The second-order valence-corrected chi connectivity index (χ2v) is 7.87. The van der Waals surface area contributed by atoms with Gasteiger partial charge < -0.3 is 19.5 Å². The number of aromatic nitrogens is 3. The molecule has 1 aliphatic heterocycles. The smallest absolute Gasteiger partial charge is 0.238 e. The van der Waals surface area contributed by atoms with Gasteiger partial charge in [-0.3, -0.25) is 5.10 Å². The van der Waals surface area contributed by atoms with Crippen LogP contribution in [0.2, 0.25) is 0 Å². The zero-order valence-corrected chi connectivity index (χ0v) is 18.5. The van der Waals surface area contributed by atoms with Crippen LogP contribution in [0.4, 0.5) is 11.4 Å². The van der Waals surface area contributed by atoms with Crippen LogP contribution in [0.5, 0.6) is 17.4 Å². The molecule has 2 N–H and O–H groups in total. The van der Waals surface area contributed by atoms with Crippen molar-refractivity contribution in [3.8, 4) is 28.6 Å². The summed E-state index contributed by atoms with van der Waals surface area (Å²) >= 11 is 0. The lowest BCUT2D eigenvalue weighted by Crippen LogP contribution is -2.16. The van der Waals surface area contributed by atoms with Gasteiger partial charge in [0.2, 0.25) is 5.88 Å². The van der Waals surface area contributed by atoms with Gasteiger partial charge in [-0.25, -0.2) is 4.98 Å². The summed E-state index contributed by atoms with van der Waals surface area (Å²) in [4.78, 5) is 4.74. The van der Waals surface area contributed by atoms with E-state index in [4.69, 9.17) is 19.2 Å². The van der Waals surface area contributed by atoms with Crippen LogP contribution in [0.1, 0.15) is 17.5 Å². The Hall–Kier alpha value is -4.00. The number of methoxy groups -OCH3 is 1. The zero-order chi connectivity index (χ0) is 22.5. The van der Waals surface area contributed by atoms with Gasteiger partial charge >= 0.3 is 0 Å². The Labute approximate surface area is 192 Å². The van der Waals surface area contributed by atoms with Crippen LogP contribution in [0, 0.1) is 0 Å². The quantitative estimate of drug-likeness (QED) is 0.392. The molecule has 3 heterocycles. The normalized spacial score (nSPS) is 12.4. The lowest BCUT2D eigenvalue weighted by molar-refractivity contribution is 0.172. The largest absolute Gasteiger partial charge is 0.486 e. The van der Waals surface area contributed by atoms with E-state index in [1.807, 2.05) is 48.8 Å². The summed E-state index contributed by atoms with van der Waals surface area (Å²) in [6, 6.07) is 18.2. The third-order valence-corrected chi connectivity index (χ3v) is 5.59. The van der Waals surface area contributed by atoms with Gasteiger partial charge in [-0.15, -0.1) is 0 Å². The van der Waals surface area contributed by atoms with E-state index in [1.165, 1.54) is 11.1 Å². The zero-order valence-electron chi connectivity index (χ0n) is 18.5. The minimum Gasteiger partial charge on any atom is -0.486 e. The first-order chi connectivity index (χ1) is 16.3. The van der Waals surface area contributed by atoms with E-state index in [-0.39, 0.29) is 0 Å². The number of rotatable bonds is 8. The Morgan fingerprint density at radius 1 is 1.00 bits per heavy atom. The summed E-state index contributed by atoms with van der Waals surface area (Å²) in [6.45, 7) is 1.08. The Bertz CT molecular complexity index is 1220. The van der Waals surface area contributed by atoms with Crippen LogP contribution in [0.25, 0.3) is 11.3 Å². The van der Waals surface area contributed by atoms with Gasteiger partial charge in [0, 0.05) is 17.4 Å². The van der Waals surface area contributed by atoms with Gasteiger partial charge in [-0.1, -0.05) is 18.2 Å². The summed E-state index contributed by atoms with van der Waals surface area (Å²) in [6.07, 6.45) is 6.90. The first kappa shape index (κ1) is 20.9. The first-order valence-corrected chi connectivity index (χ1v) is 11.1. The van der Waals surface area contributed by atoms with Gasteiger partial charge in [0.15, 0.2) is 11.5 Å². The molecule has 2 aromatic heterocycles. The molecule has 7 heteroatoms. The maximum absolute atomic E-state index is 5.85. The molecule has 7 nitrogen and oxygen atoms in total. The van der Waals surface area contributed by atoms with Crippen molar-refractivity contribution in [2.24, 2.45) is 0 Å². The predicted molar refractivity (Wildman–Crippen MR) is 128 cm³/mol. The molecule has 168 valence electrons. The molecule has 0 aliphatic carbocycles. The molecule has 0 saturated heterocycles. The number of H-pyrrole nitrogens is 1. The predicted octanol–water partition coefficient (Wildman–Crippen LogP) is 5.17. The van der Waals surface area contributed by atoms with Crippen molar-refractivity contribution in [2.45, 2.75) is 19.3 Å². The van der Waals surface area contributed by atoms with Crippen molar-refractivity contribution >= 4 is 11.4 Å². The number of nitrogens with zero attached hydrogens (tertiary/aromatic N) is 2. The van der Waals surface area contributed by atoms with Gasteiger partial charge in [0.25, 0.3) is 0 Å². The number of ether oxygens (including phenoxy) is 3. The Morgan fingerprint density at radius 2 is 1.88 bits per heavy atom. The molecule has 0 unspecified atom stereocenters. The topological polar surface area (TPSA) is 81.3 Å². The number of aryl methyl sites for hydroxylation is 2. The molecule has 4 aromatic rings. The minimum atomic E-state index is 0.521. The molecule has 0 fully saturated rings. The Kier molecular flexibility index (Phi) is 6.10. The highest BCUT2D eigenvalue weighted by Crippen LogP contribution is 2.40. The van der Waals surface area contributed by atoms with Crippen molar-refractivity contribution in [2.75, 3.05) is 25.6 Å². The molecule has 5 rings (SSSR count). The molecular weight excluding hydrogens is 416 g/mol. The average molecular weight is 443 g/mol. The molecular formula is C26H26N4O3. The van der Waals surface area contributed by atoms with E-state index in [0.717, 1.165) is 53.4 Å². The molecule has 0 amide bonds. The van der Waals surface area contributed by atoms with E-state index in [0.29, 0.717) is 19.1 Å². The van der Waals surface area contributed by atoms with Crippen LogP contribution >= 0.6 is 0 Å². The number of fused-ring (bicyclic) bond motifs is 1. The number of anilines is 2. The SMILES string of the molecule is COc1nc(-c2cccc3c2OCCO3)ccc1Nc1cccc(CCCc2cn[nH]c2)c1. The number of aromatic amines is 1. The highest BCUT2D eigenvalue weighted by Gasteiger charge is 2.18. The highest BCUT2D eigenvalue weighted by molar-refractivity contribution is 5.74. The molecule has 2 aromatic carbocycles.